The molecule has 1 aliphatic heterocycles. The minimum absolute atomic E-state index is 0.0745. The van der Waals surface area contributed by atoms with Crippen LogP contribution in [-0.2, 0) is 24.4 Å². The van der Waals surface area contributed by atoms with Gasteiger partial charge in [0.15, 0.2) is 0 Å². The topological polar surface area (TPSA) is 80.1 Å². The molecular weight excluding hydrogens is 408 g/mol. The third-order valence-electron chi connectivity index (χ3n) is 5.37. The van der Waals surface area contributed by atoms with Gasteiger partial charge in [-0.2, -0.15) is 4.98 Å². The first-order valence-corrected chi connectivity index (χ1v) is 10.6. The normalized spacial score (nSPS) is 13.8. The van der Waals surface area contributed by atoms with Crippen LogP contribution in [0.3, 0.4) is 0 Å². The van der Waals surface area contributed by atoms with E-state index in [4.69, 9.17) is 18.9 Å². The second-order valence-corrected chi connectivity index (χ2v) is 7.67. The van der Waals surface area contributed by atoms with Crippen molar-refractivity contribution in [3.05, 3.63) is 71.6 Å². The minimum Gasteiger partial charge on any atom is -0.497 e. The maximum absolute atomic E-state index is 12.1. The number of amides is 1. The standard InChI is InChI=1S/C24H28N4O4/c1-30-21-7-3-5-18(11-21)14-28(15-19-6-4-8-22(12-19)31-2)24-26-20(17-32-24)16-27-10-9-25-13-23(27)29/h3-8,11-12,17,25H,9-10,13-16H2,1-2H3. The number of anilines is 1. The van der Waals surface area contributed by atoms with Gasteiger partial charge in [-0.1, -0.05) is 24.3 Å². The quantitative estimate of drug-likeness (QED) is 0.552. The predicted molar refractivity (Wildman–Crippen MR) is 121 cm³/mol. The summed E-state index contributed by atoms with van der Waals surface area (Å²) < 4.78 is 16.6. The highest BCUT2D eigenvalue weighted by atomic mass is 16.5. The number of nitrogens with zero attached hydrogens (tertiary/aromatic N) is 3. The third kappa shape index (κ3) is 5.39. The molecule has 1 fully saturated rings. The Morgan fingerprint density at radius 3 is 2.31 bits per heavy atom. The van der Waals surface area contributed by atoms with Gasteiger partial charge in [0.2, 0.25) is 5.91 Å². The Labute approximate surface area is 187 Å². The lowest BCUT2D eigenvalue weighted by Gasteiger charge is -2.26. The fourth-order valence-corrected chi connectivity index (χ4v) is 3.70. The molecule has 1 saturated heterocycles. The van der Waals surface area contributed by atoms with E-state index in [1.807, 2.05) is 48.5 Å². The summed E-state index contributed by atoms with van der Waals surface area (Å²) >= 11 is 0. The zero-order chi connectivity index (χ0) is 22.3. The van der Waals surface area contributed by atoms with Crippen molar-refractivity contribution < 1.29 is 18.7 Å². The van der Waals surface area contributed by atoms with Gasteiger partial charge in [-0.3, -0.25) is 4.79 Å². The average molecular weight is 437 g/mol. The smallest absolute Gasteiger partial charge is 0.298 e. The number of hydrogen-bond acceptors (Lipinski definition) is 7. The molecule has 32 heavy (non-hydrogen) atoms. The predicted octanol–water partition coefficient (Wildman–Crippen LogP) is 2.83. The summed E-state index contributed by atoms with van der Waals surface area (Å²) in [5, 5.41) is 3.08. The second-order valence-electron chi connectivity index (χ2n) is 7.67. The van der Waals surface area contributed by atoms with Gasteiger partial charge in [0.05, 0.1) is 27.3 Å². The van der Waals surface area contributed by atoms with Crippen molar-refractivity contribution in [2.75, 3.05) is 38.8 Å². The van der Waals surface area contributed by atoms with E-state index in [1.165, 1.54) is 0 Å². The van der Waals surface area contributed by atoms with Gasteiger partial charge < -0.3 is 29.0 Å². The number of nitrogens with one attached hydrogen (secondary N) is 1. The van der Waals surface area contributed by atoms with Crippen LogP contribution in [0, 0.1) is 0 Å². The number of carbonyl (C=O) groups is 1. The number of benzene rings is 2. The lowest BCUT2D eigenvalue weighted by atomic mass is 10.1. The number of aromatic nitrogens is 1. The Morgan fingerprint density at radius 2 is 1.72 bits per heavy atom. The molecule has 8 nitrogen and oxygen atoms in total. The first kappa shape index (κ1) is 21.7. The van der Waals surface area contributed by atoms with Crippen LogP contribution in [0.2, 0.25) is 0 Å². The molecule has 1 aromatic heterocycles. The molecule has 2 heterocycles. The Bertz CT molecular complexity index is 1000. The molecule has 1 amide bonds. The summed E-state index contributed by atoms with van der Waals surface area (Å²) in [6, 6.07) is 16.4. The van der Waals surface area contributed by atoms with E-state index in [-0.39, 0.29) is 5.91 Å². The second kappa shape index (κ2) is 10.2. The van der Waals surface area contributed by atoms with Gasteiger partial charge in [0.1, 0.15) is 23.5 Å². The molecule has 0 saturated carbocycles. The van der Waals surface area contributed by atoms with Gasteiger partial charge in [0.25, 0.3) is 6.01 Å². The summed E-state index contributed by atoms with van der Waals surface area (Å²) in [6.07, 6.45) is 1.63. The SMILES string of the molecule is COc1cccc(CN(Cc2cccc(OC)c2)c2nc(CN3CCNCC3=O)co2)c1. The summed E-state index contributed by atoms with van der Waals surface area (Å²) in [4.78, 5) is 20.7. The van der Waals surface area contributed by atoms with Crippen molar-refractivity contribution in [2.45, 2.75) is 19.6 Å². The van der Waals surface area contributed by atoms with E-state index in [0.29, 0.717) is 38.7 Å². The largest absolute Gasteiger partial charge is 0.497 e. The zero-order valence-corrected chi connectivity index (χ0v) is 18.4. The number of rotatable bonds is 9. The van der Waals surface area contributed by atoms with Crippen LogP contribution in [0.5, 0.6) is 11.5 Å². The minimum atomic E-state index is 0.0745. The fraction of sp³-hybridized carbons (Fsp3) is 0.333. The van der Waals surface area contributed by atoms with Crippen molar-refractivity contribution in [1.82, 2.24) is 15.2 Å². The number of piperazine rings is 1. The molecule has 0 spiro atoms. The Kier molecular flexibility index (Phi) is 6.91. The highest BCUT2D eigenvalue weighted by molar-refractivity contribution is 5.78. The van der Waals surface area contributed by atoms with E-state index in [9.17, 15) is 4.79 Å². The monoisotopic (exact) mass is 436 g/mol. The number of oxazole rings is 1. The van der Waals surface area contributed by atoms with Crippen LogP contribution in [0.4, 0.5) is 6.01 Å². The van der Waals surface area contributed by atoms with Crippen LogP contribution >= 0.6 is 0 Å². The van der Waals surface area contributed by atoms with Crippen LogP contribution in [-0.4, -0.2) is 49.6 Å². The summed E-state index contributed by atoms with van der Waals surface area (Å²) in [6.45, 7) is 3.42. The zero-order valence-electron chi connectivity index (χ0n) is 18.4. The van der Waals surface area contributed by atoms with E-state index in [1.54, 1.807) is 25.4 Å². The van der Waals surface area contributed by atoms with Crippen LogP contribution in [0.15, 0.2) is 59.2 Å². The van der Waals surface area contributed by atoms with Gasteiger partial charge >= 0.3 is 0 Å². The molecule has 4 rings (SSSR count). The van der Waals surface area contributed by atoms with Gasteiger partial charge in [-0.25, -0.2) is 0 Å². The molecule has 3 aromatic rings. The highest BCUT2D eigenvalue weighted by Crippen LogP contribution is 2.24. The number of carbonyl (C=O) groups excluding carboxylic acids is 1. The molecule has 0 unspecified atom stereocenters. The van der Waals surface area contributed by atoms with Crippen molar-refractivity contribution in [2.24, 2.45) is 0 Å². The molecule has 168 valence electrons. The van der Waals surface area contributed by atoms with Crippen molar-refractivity contribution in [3.63, 3.8) is 0 Å². The molecule has 0 atom stereocenters. The van der Waals surface area contributed by atoms with Gasteiger partial charge in [0, 0.05) is 26.2 Å². The lowest BCUT2D eigenvalue weighted by molar-refractivity contribution is -0.132. The van der Waals surface area contributed by atoms with Gasteiger partial charge in [-0.05, 0) is 35.4 Å². The first-order chi connectivity index (χ1) is 15.6. The van der Waals surface area contributed by atoms with Crippen LogP contribution < -0.4 is 19.7 Å². The van der Waals surface area contributed by atoms with E-state index < -0.39 is 0 Å². The third-order valence-corrected chi connectivity index (χ3v) is 5.37. The fourth-order valence-electron chi connectivity index (χ4n) is 3.70. The summed E-state index contributed by atoms with van der Waals surface area (Å²) in [5.74, 6) is 1.67. The maximum atomic E-state index is 12.1. The Hall–Kier alpha value is -3.52. The summed E-state index contributed by atoms with van der Waals surface area (Å²) in [7, 11) is 3.32. The van der Waals surface area contributed by atoms with E-state index >= 15 is 0 Å². The van der Waals surface area contributed by atoms with Crippen molar-refractivity contribution >= 4 is 11.9 Å². The molecule has 0 bridgehead atoms. The summed E-state index contributed by atoms with van der Waals surface area (Å²) in [5.41, 5.74) is 2.88. The van der Waals surface area contributed by atoms with Crippen molar-refractivity contribution in [1.29, 1.82) is 0 Å². The molecule has 0 aliphatic carbocycles. The number of ether oxygens (including phenoxy) is 2. The van der Waals surface area contributed by atoms with Crippen LogP contribution in [0.1, 0.15) is 16.8 Å². The molecule has 8 heteroatoms. The van der Waals surface area contributed by atoms with Gasteiger partial charge in [-0.15, -0.1) is 0 Å². The highest BCUT2D eigenvalue weighted by Gasteiger charge is 2.21. The van der Waals surface area contributed by atoms with Crippen LogP contribution in [0.25, 0.3) is 0 Å². The number of methoxy groups -OCH3 is 2. The molecular formula is C24H28N4O4. The molecule has 1 N–H and O–H groups in total. The van der Waals surface area contributed by atoms with E-state index in [0.717, 1.165) is 34.9 Å². The van der Waals surface area contributed by atoms with Crippen molar-refractivity contribution in [3.8, 4) is 11.5 Å². The molecule has 0 radical (unpaired) electrons. The number of hydrogen-bond donors (Lipinski definition) is 1. The maximum Gasteiger partial charge on any atom is 0.298 e. The molecule has 1 aliphatic rings. The average Bonchev–Trinajstić information content (AvgIpc) is 3.29. The van der Waals surface area contributed by atoms with E-state index in [2.05, 4.69) is 10.2 Å². The Morgan fingerprint density at radius 1 is 1.06 bits per heavy atom. The first-order valence-electron chi connectivity index (χ1n) is 10.6. The lowest BCUT2D eigenvalue weighted by Crippen LogP contribution is -2.47. The Balaban J connectivity index is 1.56. The molecule has 2 aromatic carbocycles.